The van der Waals surface area contributed by atoms with Gasteiger partial charge < -0.3 is 10.4 Å². The van der Waals surface area contributed by atoms with Crippen molar-refractivity contribution in [1.29, 1.82) is 0 Å². The lowest BCUT2D eigenvalue weighted by molar-refractivity contribution is 0.0525. The van der Waals surface area contributed by atoms with Crippen LogP contribution >= 0.6 is 0 Å². The lowest BCUT2D eigenvalue weighted by atomic mass is 9.93. The zero-order valence-electron chi connectivity index (χ0n) is 14.2. The van der Waals surface area contributed by atoms with E-state index in [0.717, 1.165) is 16.7 Å². The molecule has 128 valence electrons. The van der Waals surface area contributed by atoms with Crippen LogP contribution in [0.15, 0.2) is 60.8 Å². The summed E-state index contributed by atoms with van der Waals surface area (Å²) in [6, 6.07) is 17.7. The quantitative estimate of drug-likeness (QED) is 0.748. The van der Waals surface area contributed by atoms with Gasteiger partial charge in [0.25, 0.3) is 5.91 Å². The van der Waals surface area contributed by atoms with Crippen molar-refractivity contribution < 1.29 is 9.90 Å². The summed E-state index contributed by atoms with van der Waals surface area (Å²) >= 11 is 0. The van der Waals surface area contributed by atoms with Gasteiger partial charge in [0.15, 0.2) is 5.69 Å². The molecule has 2 aromatic carbocycles. The Morgan fingerprint density at radius 2 is 1.76 bits per heavy atom. The van der Waals surface area contributed by atoms with Crippen LogP contribution in [0.2, 0.25) is 0 Å². The molecule has 0 saturated heterocycles. The molecule has 6 nitrogen and oxygen atoms in total. The Bertz CT molecular complexity index is 855. The molecule has 1 aromatic heterocycles. The largest absolute Gasteiger partial charge is 0.384 e. The van der Waals surface area contributed by atoms with Crippen molar-refractivity contribution in [2.75, 3.05) is 6.54 Å². The van der Waals surface area contributed by atoms with Crippen molar-refractivity contribution in [1.82, 2.24) is 20.3 Å². The SMILES string of the molecule is Cn1cc(C(=O)NCC(C)(O)c2ccc(-c3ccccc3)cc2)nn1. The van der Waals surface area contributed by atoms with E-state index in [2.05, 4.69) is 15.6 Å². The smallest absolute Gasteiger partial charge is 0.273 e. The number of carbonyl (C=O) groups excluding carboxylic acids is 1. The Labute approximate surface area is 146 Å². The molecule has 25 heavy (non-hydrogen) atoms. The molecule has 0 bridgehead atoms. The summed E-state index contributed by atoms with van der Waals surface area (Å²) in [7, 11) is 1.69. The van der Waals surface area contributed by atoms with Crippen LogP contribution in [0.25, 0.3) is 11.1 Å². The van der Waals surface area contributed by atoms with E-state index in [-0.39, 0.29) is 18.1 Å². The predicted octanol–water partition coefficient (Wildman–Crippen LogP) is 2.12. The highest BCUT2D eigenvalue weighted by Gasteiger charge is 2.24. The number of aryl methyl sites for hydroxylation is 1. The number of carbonyl (C=O) groups is 1. The summed E-state index contributed by atoms with van der Waals surface area (Å²) in [5.74, 6) is -0.366. The minimum atomic E-state index is -1.19. The third-order valence-corrected chi connectivity index (χ3v) is 4.04. The molecule has 0 spiro atoms. The first-order chi connectivity index (χ1) is 12.0. The van der Waals surface area contributed by atoms with E-state index in [1.54, 1.807) is 14.0 Å². The monoisotopic (exact) mass is 336 g/mol. The fourth-order valence-corrected chi connectivity index (χ4v) is 2.55. The minimum absolute atomic E-state index is 0.0765. The van der Waals surface area contributed by atoms with Crippen LogP contribution < -0.4 is 5.32 Å². The summed E-state index contributed by atoms with van der Waals surface area (Å²) in [6.45, 7) is 1.74. The molecule has 3 rings (SSSR count). The molecule has 0 fully saturated rings. The molecule has 6 heteroatoms. The van der Waals surface area contributed by atoms with E-state index in [1.807, 2.05) is 54.6 Å². The van der Waals surface area contributed by atoms with Crippen molar-refractivity contribution in [2.24, 2.45) is 7.05 Å². The van der Waals surface area contributed by atoms with Crippen molar-refractivity contribution in [2.45, 2.75) is 12.5 Å². The van der Waals surface area contributed by atoms with Gasteiger partial charge in [-0.1, -0.05) is 59.8 Å². The van der Waals surface area contributed by atoms with Crippen molar-refractivity contribution in [3.63, 3.8) is 0 Å². The number of nitrogens with one attached hydrogen (secondary N) is 1. The third-order valence-electron chi connectivity index (χ3n) is 4.04. The number of benzene rings is 2. The van der Waals surface area contributed by atoms with Crippen molar-refractivity contribution >= 4 is 5.91 Å². The second-order valence-corrected chi connectivity index (χ2v) is 6.18. The first kappa shape index (κ1) is 16.9. The molecule has 0 aliphatic rings. The second kappa shape index (κ2) is 6.86. The molecule has 2 N–H and O–H groups in total. The Morgan fingerprint density at radius 1 is 1.12 bits per heavy atom. The van der Waals surface area contributed by atoms with Crippen LogP contribution in [0.3, 0.4) is 0 Å². The fraction of sp³-hybridized carbons (Fsp3) is 0.211. The van der Waals surface area contributed by atoms with Crippen LogP contribution in [-0.4, -0.2) is 32.6 Å². The lowest BCUT2D eigenvalue weighted by Gasteiger charge is -2.24. The van der Waals surface area contributed by atoms with E-state index in [1.165, 1.54) is 10.9 Å². The summed E-state index contributed by atoms with van der Waals surface area (Å²) in [6.07, 6.45) is 1.53. The van der Waals surface area contributed by atoms with Gasteiger partial charge >= 0.3 is 0 Å². The number of aliphatic hydroxyl groups is 1. The Hall–Kier alpha value is -2.99. The molecule has 1 heterocycles. The first-order valence-electron chi connectivity index (χ1n) is 7.98. The second-order valence-electron chi connectivity index (χ2n) is 6.18. The maximum atomic E-state index is 12.0. The molecule has 0 aliphatic carbocycles. The molecule has 1 atom stereocenters. The predicted molar refractivity (Wildman–Crippen MR) is 94.8 cm³/mol. The molecule has 0 radical (unpaired) electrons. The summed E-state index contributed by atoms with van der Waals surface area (Å²) < 4.78 is 1.45. The topological polar surface area (TPSA) is 80.0 Å². The third kappa shape index (κ3) is 3.92. The Balaban J connectivity index is 1.68. The van der Waals surface area contributed by atoms with Gasteiger partial charge in [0.2, 0.25) is 0 Å². The lowest BCUT2D eigenvalue weighted by Crippen LogP contribution is -2.38. The fourth-order valence-electron chi connectivity index (χ4n) is 2.55. The zero-order valence-corrected chi connectivity index (χ0v) is 14.2. The molecular weight excluding hydrogens is 316 g/mol. The van der Waals surface area contributed by atoms with Gasteiger partial charge in [-0.15, -0.1) is 5.10 Å². The van der Waals surface area contributed by atoms with Crippen molar-refractivity contribution in [3.05, 3.63) is 72.1 Å². The number of rotatable bonds is 5. The highest BCUT2D eigenvalue weighted by molar-refractivity contribution is 5.91. The standard InChI is InChI=1S/C19H20N4O2/c1-19(25,13-20-18(24)17-12-23(2)22-21-17)16-10-8-15(9-11-16)14-6-4-3-5-7-14/h3-12,25H,13H2,1-2H3,(H,20,24). The van der Waals surface area contributed by atoms with E-state index in [0.29, 0.717) is 0 Å². The van der Waals surface area contributed by atoms with Gasteiger partial charge in [-0.05, 0) is 23.6 Å². The molecule has 3 aromatic rings. The highest BCUT2D eigenvalue weighted by Crippen LogP contribution is 2.24. The molecule has 0 saturated carbocycles. The maximum absolute atomic E-state index is 12.0. The van der Waals surface area contributed by atoms with E-state index in [4.69, 9.17) is 0 Å². The normalized spacial score (nSPS) is 13.2. The number of hydrogen-bond donors (Lipinski definition) is 2. The van der Waals surface area contributed by atoms with E-state index >= 15 is 0 Å². The number of aromatic nitrogens is 3. The summed E-state index contributed by atoms with van der Waals surface area (Å²) in [5.41, 5.74) is 1.95. The van der Waals surface area contributed by atoms with Crippen LogP contribution in [0.1, 0.15) is 23.0 Å². The Kier molecular flexibility index (Phi) is 4.63. The number of hydrogen-bond acceptors (Lipinski definition) is 4. The van der Waals surface area contributed by atoms with Gasteiger partial charge in [0.05, 0.1) is 12.7 Å². The molecular formula is C19H20N4O2. The van der Waals surface area contributed by atoms with Crippen molar-refractivity contribution in [3.8, 4) is 11.1 Å². The van der Waals surface area contributed by atoms with Crippen LogP contribution in [0.5, 0.6) is 0 Å². The Morgan fingerprint density at radius 3 is 2.36 bits per heavy atom. The minimum Gasteiger partial charge on any atom is -0.384 e. The summed E-state index contributed by atoms with van der Waals surface area (Å²) in [5, 5.41) is 20.9. The van der Waals surface area contributed by atoms with E-state index < -0.39 is 5.60 Å². The van der Waals surface area contributed by atoms with Gasteiger partial charge in [-0.25, -0.2) is 0 Å². The number of amides is 1. The molecule has 0 aliphatic heterocycles. The van der Waals surface area contributed by atoms with Gasteiger partial charge in [0, 0.05) is 7.05 Å². The summed E-state index contributed by atoms with van der Waals surface area (Å²) in [4.78, 5) is 12.0. The van der Waals surface area contributed by atoms with Crippen LogP contribution in [-0.2, 0) is 12.6 Å². The average Bonchev–Trinajstić information content (AvgIpc) is 3.07. The highest BCUT2D eigenvalue weighted by atomic mass is 16.3. The van der Waals surface area contributed by atoms with Crippen LogP contribution in [0.4, 0.5) is 0 Å². The van der Waals surface area contributed by atoms with Crippen LogP contribution in [0, 0.1) is 0 Å². The van der Waals surface area contributed by atoms with E-state index in [9.17, 15) is 9.90 Å². The van der Waals surface area contributed by atoms with Gasteiger partial charge in [-0.3, -0.25) is 9.48 Å². The zero-order chi connectivity index (χ0) is 17.9. The molecule has 1 amide bonds. The first-order valence-corrected chi connectivity index (χ1v) is 7.98. The molecule has 1 unspecified atom stereocenters. The maximum Gasteiger partial charge on any atom is 0.273 e. The average molecular weight is 336 g/mol. The van der Waals surface area contributed by atoms with Gasteiger partial charge in [-0.2, -0.15) is 0 Å². The number of nitrogens with zero attached hydrogens (tertiary/aromatic N) is 3. The van der Waals surface area contributed by atoms with Gasteiger partial charge in [0.1, 0.15) is 5.60 Å².